The summed E-state index contributed by atoms with van der Waals surface area (Å²) in [6.07, 6.45) is 0.162. The van der Waals surface area contributed by atoms with Crippen molar-refractivity contribution >= 4 is 5.88 Å². The maximum Gasteiger partial charge on any atom is 0.236 e. The highest BCUT2D eigenvalue weighted by molar-refractivity contribution is 5.48. The number of nitrogens with zero attached hydrogens (tertiary/aromatic N) is 3. The maximum absolute atomic E-state index is 9.34. The molecule has 1 aliphatic heterocycles. The number of benzene rings is 1. The van der Waals surface area contributed by atoms with E-state index in [1.807, 2.05) is 49.9 Å². The van der Waals surface area contributed by atoms with Crippen molar-refractivity contribution in [3.63, 3.8) is 0 Å². The number of rotatable bonds is 4. The first-order chi connectivity index (χ1) is 11.5. The van der Waals surface area contributed by atoms with Gasteiger partial charge in [-0.3, -0.25) is 0 Å². The SMILES string of the molecule is Cc1cccc(OCc2nc(C#N)c(N3C[C@@H](C)O[C@@H](C)C3)o2)c1. The molecule has 6 nitrogen and oxygen atoms in total. The fraction of sp³-hybridized carbons (Fsp3) is 0.444. The van der Waals surface area contributed by atoms with E-state index < -0.39 is 0 Å². The number of aromatic nitrogens is 1. The second-order valence-electron chi connectivity index (χ2n) is 6.14. The number of anilines is 1. The zero-order chi connectivity index (χ0) is 17.1. The standard InChI is InChI=1S/C18H21N3O3/c1-12-5-4-6-15(7-12)22-11-17-20-16(8-19)18(24-17)21-9-13(2)23-14(3)10-21/h4-7,13-14H,9-11H2,1-3H3/t13-,14+. The third kappa shape index (κ3) is 3.69. The van der Waals surface area contributed by atoms with E-state index in [-0.39, 0.29) is 18.8 Å². The molecular formula is C18H21N3O3. The van der Waals surface area contributed by atoms with Gasteiger partial charge in [-0.2, -0.15) is 10.2 Å². The molecule has 2 heterocycles. The van der Waals surface area contributed by atoms with Gasteiger partial charge in [0.05, 0.1) is 12.2 Å². The van der Waals surface area contributed by atoms with Crippen molar-refractivity contribution in [2.24, 2.45) is 0 Å². The Kier molecular flexibility index (Phi) is 4.72. The Labute approximate surface area is 141 Å². The van der Waals surface area contributed by atoms with Crippen LogP contribution < -0.4 is 9.64 Å². The van der Waals surface area contributed by atoms with E-state index in [1.165, 1.54) is 0 Å². The molecule has 0 bridgehead atoms. The van der Waals surface area contributed by atoms with Crippen LogP contribution >= 0.6 is 0 Å². The fourth-order valence-electron chi connectivity index (χ4n) is 2.90. The molecule has 0 saturated carbocycles. The van der Waals surface area contributed by atoms with Crippen LogP contribution in [-0.2, 0) is 11.3 Å². The van der Waals surface area contributed by atoms with E-state index in [0.29, 0.717) is 30.6 Å². The van der Waals surface area contributed by atoms with Crippen LogP contribution in [0.5, 0.6) is 5.75 Å². The monoisotopic (exact) mass is 327 g/mol. The first-order valence-electron chi connectivity index (χ1n) is 8.05. The molecule has 0 radical (unpaired) electrons. The summed E-state index contributed by atoms with van der Waals surface area (Å²) in [6, 6.07) is 9.87. The van der Waals surface area contributed by atoms with Gasteiger partial charge in [0.2, 0.25) is 17.5 Å². The third-order valence-corrected chi connectivity index (χ3v) is 3.82. The highest BCUT2D eigenvalue weighted by atomic mass is 16.5. The predicted octanol–water partition coefficient (Wildman–Crippen LogP) is 3.05. The molecular weight excluding hydrogens is 306 g/mol. The Morgan fingerprint density at radius 3 is 2.75 bits per heavy atom. The molecule has 0 spiro atoms. The van der Waals surface area contributed by atoms with Gasteiger partial charge in [0.15, 0.2) is 6.61 Å². The molecule has 6 heteroatoms. The maximum atomic E-state index is 9.34. The van der Waals surface area contributed by atoms with Gasteiger partial charge >= 0.3 is 0 Å². The Morgan fingerprint density at radius 1 is 1.33 bits per heavy atom. The number of oxazole rings is 1. The van der Waals surface area contributed by atoms with Crippen molar-refractivity contribution in [2.45, 2.75) is 39.6 Å². The summed E-state index contributed by atoms with van der Waals surface area (Å²) >= 11 is 0. The summed E-state index contributed by atoms with van der Waals surface area (Å²) in [7, 11) is 0. The van der Waals surface area contributed by atoms with Crippen LogP contribution in [0.4, 0.5) is 5.88 Å². The number of aryl methyl sites for hydroxylation is 1. The summed E-state index contributed by atoms with van der Waals surface area (Å²) in [5.41, 5.74) is 1.41. The zero-order valence-electron chi connectivity index (χ0n) is 14.2. The van der Waals surface area contributed by atoms with Gasteiger partial charge in [0.1, 0.15) is 11.8 Å². The molecule has 0 N–H and O–H groups in total. The molecule has 1 aromatic heterocycles. The van der Waals surface area contributed by atoms with E-state index in [0.717, 1.165) is 11.3 Å². The summed E-state index contributed by atoms with van der Waals surface area (Å²) in [5.74, 6) is 1.65. The van der Waals surface area contributed by atoms with Gasteiger partial charge < -0.3 is 18.8 Å². The number of nitriles is 1. The van der Waals surface area contributed by atoms with E-state index in [1.54, 1.807) is 0 Å². The van der Waals surface area contributed by atoms with Crippen LogP contribution in [0.3, 0.4) is 0 Å². The lowest BCUT2D eigenvalue weighted by Gasteiger charge is -2.34. The van der Waals surface area contributed by atoms with Crippen LogP contribution in [0, 0.1) is 18.3 Å². The van der Waals surface area contributed by atoms with Crippen molar-refractivity contribution in [1.82, 2.24) is 4.98 Å². The second-order valence-corrected chi connectivity index (χ2v) is 6.14. The molecule has 1 aromatic carbocycles. The minimum Gasteiger partial charge on any atom is -0.484 e. The molecule has 0 amide bonds. The molecule has 0 unspecified atom stereocenters. The Hall–Kier alpha value is -2.52. The smallest absolute Gasteiger partial charge is 0.236 e. The molecule has 3 rings (SSSR count). The first-order valence-corrected chi connectivity index (χ1v) is 8.05. The summed E-state index contributed by atoms with van der Waals surface area (Å²) < 4.78 is 17.2. The fourth-order valence-corrected chi connectivity index (χ4v) is 2.90. The van der Waals surface area contributed by atoms with Crippen LogP contribution in [0.25, 0.3) is 0 Å². The minimum atomic E-state index is 0.0809. The normalized spacial score (nSPS) is 20.7. The quantitative estimate of drug-likeness (QED) is 0.859. The van der Waals surface area contributed by atoms with E-state index >= 15 is 0 Å². The number of morpholine rings is 1. The zero-order valence-corrected chi connectivity index (χ0v) is 14.2. The van der Waals surface area contributed by atoms with Gasteiger partial charge in [0.25, 0.3) is 0 Å². The van der Waals surface area contributed by atoms with Gasteiger partial charge in [-0.05, 0) is 38.5 Å². The molecule has 126 valence electrons. The number of hydrogen-bond donors (Lipinski definition) is 0. The topological polar surface area (TPSA) is 71.5 Å². The largest absolute Gasteiger partial charge is 0.484 e. The minimum absolute atomic E-state index is 0.0809. The van der Waals surface area contributed by atoms with Crippen molar-refractivity contribution in [2.75, 3.05) is 18.0 Å². The Morgan fingerprint density at radius 2 is 2.08 bits per heavy atom. The van der Waals surface area contributed by atoms with Crippen LogP contribution in [-0.4, -0.2) is 30.3 Å². The molecule has 0 aliphatic carbocycles. The van der Waals surface area contributed by atoms with E-state index in [2.05, 4.69) is 11.1 Å². The molecule has 2 aromatic rings. The average Bonchev–Trinajstić information content (AvgIpc) is 2.95. The van der Waals surface area contributed by atoms with Gasteiger partial charge in [-0.25, -0.2) is 0 Å². The summed E-state index contributed by atoms with van der Waals surface area (Å²) in [5, 5.41) is 9.34. The Balaban J connectivity index is 1.74. The Bertz CT molecular complexity index is 740. The van der Waals surface area contributed by atoms with Crippen molar-refractivity contribution in [3.8, 4) is 11.8 Å². The van der Waals surface area contributed by atoms with E-state index in [4.69, 9.17) is 13.9 Å². The van der Waals surface area contributed by atoms with Gasteiger partial charge in [-0.15, -0.1) is 0 Å². The van der Waals surface area contributed by atoms with Gasteiger partial charge in [-0.1, -0.05) is 12.1 Å². The molecule has 1 fully saturated rings. The molecule has 1 aliphatic rings. The second kappa shape index (κ2) is 6.93. The number of hydrogen-bond acceptors (Lipinski definition) is 6. The van der Waals surface area contributed by atoms with Crippen LogP contribution in [0.1, 0.15) is 31.0 Å². The van der Waals surface area contributed by atoms with Crippen molar-refractivity contribution < 1.29 is 13.9 Å². The number of ether oxygens (including phenoxy) is 2. The molecule has 24 heavy (non-hydrogen) atoms. The lowest BCUT2D eigenvalue weighted by molar-refractivity contribution is -0.00651. The van der Waals surface area contributed by atoms with Crippen LogP contribution in [0.15, 0.2) is 28.7 Å². The summed E-state index contributed by atoms with van der Waals surface area (Å²) in [4.78, 5) is 6.27. The van der Waals surface area contributed by atoms with Gasteiger partial charge in [0, 0.05) is 13.1 Å². The molecule has 2 atom stereocenters. The van der Waals surface area contributed by atoms with Crippen LogP contribution in [0.2, 0.25) is 0 Å². The van der Waals surface area contributed by atoms with Crippen molar-refractivity contribution in [3.05, 3.63) is 41.4 Å². The van der Waals surface area contributed by atoms with E-state index in [9.17, 15) is 5.26 Å². The lowest BCUT2D eigenvalue weighted by atomic mass is 10.2. The third-order valence-electron chi connectivity index (χ3n) is 3.82. The first kappa shape index (κ1) is 16.3. The molecule has 1 saturated heterocycles. The summed E-state index contributed by atoms with van der Waals surface area (Å²) in [6.45, 7) is 7.55. The lowest BCUT2D eigenvalue weighted by Crippen LogP contribution is -2.45. The average molecular weight is 327 g/mol. The predicted molar refractivity (Wildman–Crippen MR) is 89.0 cm³/mol. The highest BCUT2D eigenvalue weighted by Crippen LogP contribution is 2.26. The van der Waals surface area contributed by atoms with Crippen molar-refractivity contribution in [1.29, 1.82) is 5.26 Å². The highest BCUT2D eigenvalue weighted by Gasteiger charge is 2.28.